The third kappa shape index (κ3) is 2.81. The molecule has 0 aliphatic carbocycles. The molecular formula is C14H14N6O. The number of primary amides is 1. The lowest BCUT2D eigenvalue weighted by atomic mass is 10.2. The average Bonchev–Trinajstić information content (AvgIpc) is 2.89. The smallest absolute Gasteiger partial charge is 0.237 e. The zero-order chi connectivity index (χ0) is 14.7. The van der Waals surface area contributed by atoms with Gasteiger partial charge in [0.25, 0.3) is 0 Å². The maximum atomic E-state index is 11.0. The lowest BCUT2D eigenvalue weighted by Crippen LogP contribution is -2.18. The number of nitrogens with zero attached hydrogens (tertiary/aromatic N) is 4. The molecule has 7 nitrogen and oxygen atoms in total. The van der Waals surface area contributed by atoms with E-state index in [9.17, 15) is 4.79 Å². The topological polar surface area (TPSA) is 98.7 Å². The summed E-state index contributed by atoms with van der Waals surface area (Å²) in [6, 6.07) is 9.98. The third-order valence-electron chi connectivity index (χ3n) is 3.03. The fourth-order valence-corrected chi connectivity index (χ4v) is 2.08. The van der Waals surface area contributed by atoms with Crippen LogP contribution in [0.5, 0.6) is 0 Å². The van der Waals surface area contributed by atoms with Crippen molar-refractivity contribution >= 4 is 22.9 Å². The van der Waals surface area contributed by atoms with Crippen LogP contribution < -0.4 is 11.1 Å². The van der Waals surface area contributed by atoms with Gasteiger partial charge in [0.1, 0.15) is 18.4 Å². The molecule has 2 heterocycles. The van der Waals surface area contributed by atoms with Gasteiger partial charge in [-0.15, -0.1) is 0 Å². The molecule has 0 radical (unpaired) electrons. The number of anilines is 1. The van der Waals surface area contributed by atoms with Crippen LogP contribution in [0.1, 0.15) is 5.56 Å². The Hall–Kier alpha value is -2.96. The molecule has 0 aliphatic rings. The van der Waals surface area contributed by atoms with Crippen molar-refractivity contribution in [1.29, 1.82) is 0 Å². The number of imidazole rings is 1. The van der Waals surface area contributed by atoms with Gasteiger partial charge in [0.15, 0.2) is 11.5 Å². The number of hydrogen-bond donors (Lipinski definition) is 2. The number of carbonyl (C=O) groups is 1. The first-order valence-corrected chi connectivity index (χ1v) is 6.46. The van der Waals surface area contributed by atoms with Crippen LogP contribution in [-0.2, 0) is 17.9 Å². The zero-order valence-electron chi connectivity index (χ0n) is 11.2. The van der Waals surface area contributed by atoms with Gasteiger partial charge in [0.2, 0.25) is 5.91 Å². The van der Waals surface area contributed by atoms with Crippen molar-refractivity contribution < 1.29 is 4.79 Å². The van der Waals surface area contributed by atoms with Gasteiger partial charge in [0.05, 0.1) is 6.33 Å². The molecule has 1 amide bonds. The van der Waals surface area contributed by atoms with Gasteiger partial charge in [-0.25, -0.2) is 15.0 Å². The highest BCUT2D eigenvalue weighted by Crippen LogP contribution is 2.17. The number of aromatic nitrogens is 4. The molecule has 0 aliphatic heterocycles. The van der Waals surface area contributed by atoms with Gasteiger partial charge in [-0.3, -0.25) is 4.79 Å². The Kier molecular flexibility index (Phi) is 3.46. The standard InChI is InChI=1S/C14H14N6O/c15-11(21)7-20-9-19-12-13(17-8-18-14(12)20)16-6-10-4-2-1-3-5-10/h1-5,8-9H,6-7H2,(H2,15,21)(H,16,17,18). The highest BCUT2D eigenvalue weighted by molar-refractivity contribution is 5.84. The largest absolute Gasteiger partial charge is 0.368 e. The molecule has 1 aromatic carbocycles. The molecule has 0 atom stereocenters. The molecule has 3 N–H and O–H groups in total. The van der Waals surface area contributed by atoms with Gasteiger partial charge in [-0.1, -0.05) is 30.3 Å². The maximum absolute atomic E-state index is 11.0. The first kappa shape index (κ1) is 13.0. The van der Waals surface area contributed by atoms with Crippen LogP contribution in [0.3, 0.4) is 0 Å². The van der Waals surface area contributed by atoms with Crippen LogP contribution >= 0.6 is 0 Å². The van der Waals surface area contributed by atoms with Crippen LogP contribution in [0, 0.1) is 0 Å². The quantitative estimate of drug-likeness (QED) is 0.725. The summed E-state index contributed by atoms with van der Waals surface area (Å²) in [5.41, 5.74) is 7.54. The molecule has 106 valence electrons. The number of nitrogens with two attached hydrogens (primary N) is 1. The highest BCUT2D eigenvalue weighted by atomic mass is 16.1. The number of hydrogen-bond acceptors (Lipinski definition) is 5. The van der Waals surface area contributed by atoms with Gasteiger partial charge in [-0.2, -0.15) is 0 Å². The molecular weight excluding hydrogens is 268 g/mol. The average molecular weight is 282 g/mol. The molecule has 0 saturated carbocycles. The van der Waals surface area contributed by atoms with Crippen LogP contribution in [0.4, 0.5) is 5.82 Å². The lowest BCUT2D eigenvalue weighted by Gasteiger charge is -2.06. The van der Waals surface area contributed by atoms with Crippen LogP contribution in [0.2, 0.25) is 0 Å². The van der Waals surface area contributed by atoms with E-state index >= 15 is 0 Å². The molecule has 0 unspecified atom stereocenters. The Morgan fingerprint density at radius 1 is 1.19 bits per heavy atom. The van der Waals surface area contributed by atoms with E-state index in [0.717, 1.165) is 5.56 Å². The maximum Gasteiger partial charge on any atom is 0.237 e. The van der Waals surface area contributed by atoms with Crippen molar-refractivity contribution in [3.63, 3.8) is 0 Å². The van der Waals surface area contributed by atoms with Gasteiger partial charge >= 0.3 is 0 Å². The Labute approximate surface area is 120 Å². The van der Waals surface area contributed by atoms with E-state index in [1.54, 1.807) is 4.57 Å². The van der Waals surface area contributed by atoms with E-state index in [-0.39, 0.29) is 6.54 Å². The van der Waals surface area contributed by atoms with Gasteiger partial charge < -0.3 is 15.6 Å². The molecule has 21 heavy (non-hydrogen) atoms. The van der Waals surface area contributed by atoms with E-state index in [1.807, 2.05) is 30.3 Å². The minimum atomic E-state index is -0.438. The summed E-state index contributed by atoms with van der Waals surface area (Å²) in [6.07, 6.45) is 2.98. The molecule has 3 aromatic rings. The second kappa shape index (κ2) is 5.58. The second-order valence-corrected chi connectivity index (χ2v) is 4.57. The van der Waals surface area contributed by atoms with E-state index < -0.39 is 5.91 Å². The van der Waals surface area contributed by atoms with Crippen LogP contribution in [0.15, 0.2) is 43.0 Å². The summed E-state index contributed by atoms with van der Waals surface area (Å²) < 4.78 is 1.60. The number of carbonyl (C=O) groups excluding carboxylic acids is 1. The first-order chi connectivity index (χ1) is 10.2. The second-order valence-electron chi connectivity index (χ2n) is 4.57. The molecule has 7 heteroatoms. The van der Waals surface area contributed by atoms with E-state index in [1.165, 1.54) is 12.7 Å². The summed E-state index contributed by atoms with van der Waals surface area (Å²) in [5, 5.41) is 3.23. The summed E-state index contributed by atoms with van der Waals surface area (Å²) >= 11 is 0. The van der Waals surface area contributed by atoms with E-state index in [0.29, 0.717) is 23.5 Å². The predicted octanol–water partition coefficient (Wildman–Crippen LogP) is 0.924. The Morgan fingerprint density at radius 2 is 2.00 bits per heavy atom. The monoisotopic (exact) mass is 282 g/mol. The van der Waals surface area contributed by atoms with Crippen LogP contribution in [0.25, 0.3) is 11.2 Å². The highest BCUT2D eigenvalue weighted by Gasteiger charge is 2.10. The minimum Gasteiger partial charge on any atom is -0.368 e. The third-order valence-corrected chi connectivity index (χ3v) is 3.03. The number of amides is 1. The molecule has 0 saturated heterocycles. The molecule has 2 aromatic heterocycles. The number of benzene rings is 1. The summed E-state index contributed by atoms with van der Waals surface area (Å²) in [4.78, 5) is 23.6. The van der Waals surface area contributed by atoms with Crippen molar-refractivity contribution in [2.75, 3.05) is 5.32 Å². The van der Waals surface area contributed by atoms with Gasteiger partial charge in [0, 0.05) is 6.54 Å². The minimum absolute atomic E-state index is 0.0473. The molecule has 0 fully saturated rings. The normalized spacial score (nSPS) is 10.7. The summed E-state index contributed by atoms with van der Waals surface area (Å²) in [7, 11) is 0. The number of fused-ring (bicyclic) bond motifs is 1. The first-order valence-electron chi connectivity index (χ1n) is 6.46. The fourth-order valence-electron chi connectivity index (χ4n) is 2.08. The predicted molar refractivity (Wildman–Crippen MR) is 78.3 cm³/mol. The van der Waals surface area contributed by atoms with E-state index in [2.05, 4.69) is 20.3 Å². The molecule has 0 spiro atoms. The fraction of sp³-hybridized carbons (Fsp3) is 0.143. The van der Waals surface area contributed by atoms with Gasteiger partial charge in [-0.05, 0) is 5.56 Å². The Balaban J connectivity index is 1.86. The van der Waals surface area contributed by atoms with Crippen molar-refractivity contribution in [2.45, 2.75) is 13.1 Å². The van der Waals surface area contributed by atoms with Crippen molar-refractivity contribution in [2.24, 2.45) is 5.73 Å². The Morgan fingerprint density at radius 3 is 2.76 bits per heavy atom. The lowest BCUT2D eigenvalue weighted by molar-refractivity contribution is -0.118. The number of rotatable bonds is 5. The summed E-state index contributed by atoms with van der Waals surface area (Å²) in [5.74, 6) is 0.193. The van der Waals surface area contributed by atoms with Crippen LogP contribution in [-0.4, -0.2) is 25.4 Å². The molecule has 3 rings (SSSR count). The van der Waals surface area contributed by atoms with Crippen molar-refractivity contribution in [1.82, 2.24) is 19.5 Å². The van der Waals surface area contributed by atoms with Crippen molar-refractivity contribution in [3.05, 3.63) is 48.5 Å². The summed E-state index contributed by atoms with van der Waals surface area (Å²) in [6.45, 7) is 0.682. The zero-order valence-corrected chi connectivity index (χ0v) is 11.2. The van der Waals surface area contributed by atoms with E-state index in [4.69, 9.17) is 5.73 Å². The molecule has 0 bridgehead atoms. The SMILES string of the molecule is NC(=O)Cn1cnc2c(NCc3ccccc3)ncnc21. The number of nitrogens with one attached hydrogen (secondary N) is 1. The van der Waals surface area contributed by atoms with Crippen molar-refractivity contribution in [3.8, 4) is 0 Å². The Bertz CT molecular complexity index is 767.